The van der Waals surface area contributed by atoms with Gasteiger partial charge >= 0.3 is 5.54 Å². The third-order valence-electron chi connectivity index (χ3n) is 4.81. The van der Waals surface area contributed by atoms with Crippen LogP contribution in [-0.4, -0.2) is 63.8 Å². The first-order valence-electron chi connectivity index (χ1n) is 7.17. The maximum Gasteiger partial charge on any atom is 0.340 e. The van der Waals surface area contributed by atoms with Gasteiger partial charge in [0.05, 0.1) is 6.61 Å². The molecule has 2 aliphatic rings. The van der Waals surface area contributed by atoms with Crippen LogP contribution in [0.25, 0.3) is 0 Å². The molecule has 10 heteroatoms. The number of nitrogens with zero attached hydrogens (tertiary/aromatic N) is 2. The van der Waals surface area contributed by atoms with Gasteiger partial charge in [0.25, 0.3) is 5.54 Å². The highest BCUT2D eigenvalue weighted by atomic mass is 16.6. The van der Waals surface area contributed by atoms with E-state index in [0.717, 1.165) is 12.2 Å². The Balaban J connectivity index is 2.67. The average molecular weight is 328 g/mol. The van der Waals surface area contributed by atoms with Crippen LogP contribution in [0.4, 0.5) is 0 Å². The molecule has 1 fully saturated rings. The normalized spacial score (nSPS) is 35.8. The zero-order valence-corrected chi connectivity index (χ0v) is 12.6. The number of carbonyl (C=O) groups excluding carboxylic acids is 2. The lowest BCUT2D eigenvalue weighted by Gasteiger charge is -2.45. The molecule has 1 aliphatic heterocycles. The molecule has 126 valence electrons. The number of likely N-dealkylation sites (tertiary alicyclic amines) is 1. The first kappa shape index (κ1) is 17.2. The second-order valence-electron chi connectivity index (χ2n) is 6.16. The predicted molar refractivity (Wildman–Crippen MR) is 75.0 cm³/mol. The first-order valence-corrected chi connectivity index (χ1v) is 7.17. The van der Waals surface area contributed by atoms with Crippen molar-refractivity contribution in [2.45, 2.75) is 24.4 Å². The van der Waals surface area contributed by atoms with Crippen molar-refractivity contribution < 1.29 is 29.4 Å². The number of Topliss-reactive ketones (excluding diaryl/α,β-unsaturated/α-hetero) is 1. The number of hydrogen-bond donors (Lipinski definition) is 2. The molecule has 23 heavy (non-hydrogen) atoms. The Labute approximate surface area is 131 Å². The lowest BCUT2D eigenvalue weighted by Crippen LogP contribution is -3.19. The van der Waals surface area contributed by atoms with E-state index in [0.29, 0.717) is 4.90 Å². The van der Waals surface area contributed by atoms with Gasteiger partial charge in [-0.25, -0.2) is 0 Å². The molecule has 10 nitrogen and oxygen atoms in total. The number of carbonyl (C=O) groups is 2. The highest BCUT2D eigenvalue weighted by Crippen LogP contribution is 2.42. The van der Waals surface area contributed by atoms with Crippen LogP contribution in [0.15, 0.2) is 12.2 Å². The van der Waals surface area contributed by atoms with Crippen LogP contribution in [0, 0.1) is 26.1 Å². The SMILES string of the molecule is CC(=O)C[C@H]1[C@]2([N+](=O)[O-])C=CC(=O)[C@@]1([N+](=O)[O-])C[NH+](CCO)C2. The van der Waals surface area contributed by atoms with E-state index < -0.39 is 44.8 Å². The summed E-state index contributed by atoms with van der Waals surface area (Å²) in [6.45, 7) is 0.540. The summed E-state index contributed by atoms with van der Waals surface area (Å²) in [5.41, 5.74) is -4.08. The minimum Gasteiger partial charge on any atom is -0.391 e. The van der Waals surface area contributed by atoms with Crippen molar-refractivity contribution in [2.75, 3.05) is 26.2 Å². The van der Waals surface area contributed by atoms with Crippen molar-refractivity contribution >= 4 is 11.6 Å². The molecular weight excluding hydrogens is 310 g/mol. The van der Waals surface area contributed by atoms with Crippen LogP contribution in [0.5, 0.6) is 0 Å². The smallest absolute Gasteiger partial charge is 0.340 e. The number of aliphatic hydroxyl groups is 1. The minimum absolute atomic E-state index is 0.0547. The maximum atomic E-state index is 12.3. The highest BCUT2D eigenvalue weighted by molar-refractivity contribution is 5.99. The second kappa shape index (κ2) is 5.78. The Hall–Kier alpha value is -2.20. The fourth-order valence-electron chi connectivity index (χ4n) is 3.80. The van der Waals surface area contributed by atoms with E-state index in [-0.39, 0.29) is 26.2 Å². The van der Waals surface area contributed by atoms with Crippen molar-refractivity contribution in [1.82, 2.24) is 0 Å². The highest BCUT2D eigenvalue weighted by Gasteiger charge is 2.76. The minimum atomic E-state index is -2.21. The number of fused-ring (bicyclic) bond motifs is 2. The summed E-state index contributed by atoms with van der Waals surface area (Å²) in [6.07, 6.45) is 1.57. The fourth-order valence-corrected chi connectivity index (χ4v) is 3.80. The molecule has 1 aliphatic carbocycles. The van der Waals surface area contributed by atoms with Crippen LogP contribution in [-0.2, 0) is 9.59 Å². The van der Waals surface area contributed by atoms with E-state index in [9.17, 15) is 29.8 Å². The molecule has 1 unspecified atom stereocenters. The van der Waals surface area contributed by atoms with E-state index >= 15 is 0 Å². The second-order valence-corrected chi connectivity index (χ2v) is 6.16. The summed E-state index contributed by atoms with van der Waals surface area (Å²) in [6, 6.07) is 0. The van der Waals surface area contributed by atoms with Gasteiger partial charge in [-0.3, -0.25) is 25.0 Å². The molecular formula is C13H18N3O7+. The van der Waals surface area contributed by atoms with E-state index in [4.69, 9.17) is 5.11 Å². The van der Waals surface area contributed by atoms with E-state index in [1.54, 1.807) is 0 Å². The van der Waals surface area contributed by atoms with Crippen molar-refractivity contribution in [3.8, 4) is 0 Å². The topological polar surface area (TPSA) is 145 Å². The molecule has 4 atom stereocenters. The van der Waals surface area contributed by atoms with Gasteiger partial charge in [0.2, 0.25) is 5.78 Å². The van der Waals surface area contributed by atoms with Gasteiger partial charge in [0, 0.05) is 22.3 Å². The van der Waals surface area contributed by atoms with Gasteiger partial charge in [-0.2, -0.15) is 0 Å². The zero-order chi connectivity index (χ0) is 17.4. The summed E-state index contributed by atoms with van der Waals surface area (Å²) < 4.78 is 0. The van der Waals surface area contributed by atoms with Gasteiger partial charge < -0.3 is 14.8 Å². The Morgan fingerprint density at radius 3 is 2.52 bits per heavy atom. The number of nitro groups is 2. The van der Waals surface area contributed by atoms with Crippen molar-refractivity contribution in [1.29, 1.82) is 0 Å². The van der Waals surface area contributed by atoms with Gasteiger partial charge in [0.1, 0.15) is 18.2 Å². The molecule has 0 aromatic carbocycles. The largest absolute Gasteiger partial charge is 0.391 e. The predicted octanol–water partition coefficient (Wildman–Crippen LogP) is -2.36. The molecule has 0 spiro atoms. The van der Waals surface area contributed by atoms with E-state index in [1.807, 2.05) is 0 Å². The van der Waals surface area contributed by atoms with Crippen molar-refractivity contribution in [3.05, 3.63) is 32.4 Å². The molecule has 2 N–H and O–H groups in total. The van der Waals surface area contributed by atoms with E-state index in [2.05, 4.69) is 0 Å². The van der Waals surface area contributed by atoms with Crippen molar-refractivity contribution in [2.24, 2.45) is 5.92 Å². The molecule has 2 bridgehead atoms. The van der Waals surface area contributed by atoms with Crippen LogP contribution in [0.2, 0.25) is 0 Å². The summed E-state index contributed by atoms with van der Waals surface area (Å²) in [7, 11) is 0. The Bertz CT molecular complexity index is 604. The molecule has 0 saturated carbocycles. The van der Waals surface area contributed by atoms with Crippen LogP contribution in [0.3, 0.4) is 0 Å². The van der Waals surface area contributed by atoms with Crippen LogP contribution in [0.1, 0.15) is 13.3 Å². The first-order chi connectivity index (χ1) is 10.7. The third-order valence-corrected chi connectivity index (χ3v) is 4.81. The number of rotatable bonds is 6. The molecule has 0 aromatic rings. The quantitative estimate of drug-likeness (QED) is 0.410. The lowest BCUT2D eigenvalue weighted by molar-refractivity contribution is -0.943. The van der Waals surface area contributed by atoms with Crippen LogP contribution < -0.4 is 4.90 Å². The Kier molecular flexibility index (Phi) is 4.31. The summed E-state index contributed by atoms with van der Waals surface area (Å²) >= 11 is 0. The standard InChI is InChI=1S/C13H17N3O7/c1-9(18)6-10-12(15(20)21)3-2-11(19)13(10,16(22)23)8-14(7-12)4-5-17/h2-3,10,17H,4-8H2,1H3/p+1/t10-,12-,13+/m0/s1. The number of piperidine rings is 1. The van der Waals surface area contributed by atoms with Crippen LogP contribution >= 0.6 is 0 Å². The van der Waals surface area contributed by atoms with Gasteiger partial charge in [-0.1, -0.05) is 0 Å². The molecule has 2 rings (SSSR count). The number of ketones is 2. The number of nitrogens with one attached hydrogen (secondary N) is 1. The Morgan fingerprint density at radius 1 is 1.39 bits per heavy atom. The number of hydrogen-bond acceptors (Lipinski definition) is 7. The van der Waals surface area contributed by atoms with Crippen molar-refractivity contribution in [3.63, 3.8) is 0 Å². The van der Waals surface area contributed by atoms with Gasteiger partial charge in [-0.05, 0) is 13.0 Å². The zero-order valence-electron chi connectivity index (χ0n) is 12.6. The molecule has 0 radical (unpaired) electrons. The van der Waals surface area contributed by atoms with Gasteiger partial charge in [0.15, 0.2) is 13.1 Å². The molecule has 1 saturated heterocycles. The molecule has 0 amide bonds. The monoisotopic (exact) mass is 328 g/mol. The molecule has 0 aromatic heterocycles. The summed E-state index contributed by atoms with van der Waals surface area (Å²) in [5, 5.41) is 32.6. The van der Waals surface area contributed by atoms with E-state index in [1.165, 1.54) is 6.92 Å². The lowest BCUT2D eigenvalue weighted by atomic mass is 9.61. The number of quaternary nitrogens is 1. The third kappa shape index (κ3) is 2.43. The summed E-state index contributed by atoms with van der Waals surface area (Å²) in [5.74, 6) is -2.61. The summed E-state index contributed by atoms with van der Waals surface area (Å²) in [4.78, 5) is 46.3. The van der Waals surface area contributed by atoms with Gasteiger partial charge in [-0.15, -0.1) is 0 Å². The Morgan fingerprint density at radius 2 is 2.04 bits per heavy atom. The average Bonchev–Trinajstić information content (AvgIpc) is 2.44. The maximum absolute atomic E-state index is 12.3. The fraction of sp³-hybridized carbons (Fsp3) is 0.692. The number of aliphatic hydroxyl groups excluding tert-OH is 1. The molecule has 1 heterocycles.